The Morgan fingerprint density at radius 1 is 1.19 bits per heavy atom. The Balaban J connectivity index is 2.01. The number of nitrogens with one attached hydrogen (secondary N) is 1. The topological polar surface area (TPSA) is 80.9 Å². The summed E-state index contributed by atoms with van der Waals surface area (Å²) < 4.78 is 2.46. The maximum atomic E-state index is 12.0. The standard InChI is InChI=1S/C12H9Br3N4OS/c13-6-3-7(14)10(8(15)4-6)19-9(20)5-21-12-11(16)17-1-2-18-12/h1-4H,5H2,(H2,16,17)(H,19,20). The largest absolute Gasteiger partial charge is 0.381 e. The van der Waals surface area contributed by atoms with Crippen LogP contribution in [0.4, 0.5) is 11.5 Å². The van der Waals surface area contributed by atoms with E-state index in [-0.39, 0.29) is 11.7 Å². The highest BCUT2D eigenvalue weighted by Gasteiger charge is 2.12. The summed E-state index contributed by atoms with van der Waals surface area (Å²) in [7, 11) is 0. The van der Waals surface area contributed by atoms with Crippen molar-refractivity contribution < 1.29 is 4.79 Å². The highest BCUT2D eigenvalue weighted by molar-refractivity contribution is 9.11. The van der Waals surface area contributed by atoms with Gasteiger partial charge >= 0.3 is 0 Å². The summed E-state index contributed by atoms with van der Waals surface area (Å²) in [6.07, 6.45) is 3.05. The Hall–Kier alpha value is -0.640. The molecule has 1 heterocycles. The zero-order valence-corrected chi connectivity index (χ0v) is 16.0. The summed E-state index contributed by atoms with van der Waals surface area (Å²) in [6.45, 7) is 0. The highest BCUT2D eigenvalue weighted by atomic mass is 79.9. The molecule has 1 amide bonds. The van der Waals surface area contributed by atoms with E-state index in [4.69, 9.17) is 5.73 Å². The van der Waals surface area contributed by atoms with Crippen LogP contribution in [-0.4, -0.2) is 21.6 Å². The van der Waals surface area contributed by atoms with E-state index in [1.54, 1.807) is 6.20 Å². The van der Waals surface area contributed by atoms with E-state index >= 15 is 0 Å². The molecular weight excluding hydrogens is 488 g/mol. The van der Waals surface area contributed by atoms with Crippen LogP contribution in [0.25, 0.3) is 0 Å². The fourth-order valence-corrected chi connectivity index (χ4v) is 4.55. The van der Waals surface area contributed by atoms with Crippen molar-refractivity contribution in [2.45, 2.75) is 5.03 Å². The van der Waals surface area contributed by atoms with Crippen LogP contribution in [0.3, 0.4) is 0 Å². The van der Waals surface area contributed by atoms with Crippen molar-refractivity contribution in [2.75, 3.05) is 16.8 Å². The second-order valence-corrected chi connectivity index (χ2v) is 7.42. The highest BCUT2D eigenvalue weighted by Crippen LogP contribution is 2.34. The van der Waals surface area contributed by atoms with Crippen LogP contribution in [0.15, 0.2) is 43.0 Å². The Kier molecular flexibility index (Phi) is 6.03. The fourth-order valence-electron chi connectivity index (χ4n) is 1.42. The number of nitrogens with two attached hydrogens (primary N) is 1. The predicted molar refractivity (Wildman–Crippen MR) is 95.3 cm³/mol. The average Bonchev–Trinajstić information content (AvgIpc) is 2.42. The molecule has 5 nitrogen and oxygen atoms in total. The monoisotopic (exact) mass is 494 g/mol. The lowest BCUT2D eigenvalue weighted by Gasteiger charge is -2.10. The van der Waals surface area contributed by atoms with Gasteiger partial charge in [-0.2, -0.15) is 0 Å². The van der Waals surface area contributed by atoms with Gasteiger partial charge in [0.05, 0.1) is 11.4 Å². The number of rotatable bonds is 4. The van der Waals surface area contributed by atoms with E-state index in [9.17, 15) is 4.79 Å². The number of nitrogen functional groups attached to an aromatic ring is 1. The van der Waals surface area contributed by atoms with Crippen LogP contribution in [0, 0.1) is 0 Å². The molecular formula is C12H9Br3N4OS. The molecule has 2 aromatic rings. The molecule has 0 aliphatic heterocycles. The lowest BCUT2D eigenvalue weighted by atomic mass is 10.3. The van der Waals surface area contributed by atoms with Gasteiger partial charge in [0.1, 0.15) is 5.03 Å². The predicted octanol–water partition coefficient (Wildman–Crippen LogP) is 4.08. The summed E-state index contributed by atoms with van der Waals surface area (Å²) in [5, 5.41) is 3.38. The van der Waals surface area contributed by atoms with E-state index in [0.29, 0.717) is 16.5 Å². The number of nitrogens with zero attached hydrogens (tertiary/aromatic N) is 2. The molecule has 1 aromatic heterocycles. The first kappa shape index (κ1) is 16.7. The lowest BCUT2D eigenvalue weighted by molar-refractivity contribution is -0.113. The molecule has 110 valence electrons. The average molecular weight is 497 g/mol. The van der Waals surface area contributed by atoms with Crippen molar-refractivity contribution in [3.63, 3.8) is 0 Å². The van der Waals surface area contributed by atoms with Crippen molar-refractivity contribution in [1.82, 2.24) is 9.97 Å². The Bertz CT molecular complexity index is 660. The zero-order chi connectivity index (χ0) is 15.4. The third-order valence-corrected chi connectivity index (χ3v) is 5.01. The van der Waals surface area contributed by atoms with E-state index in [1.807, 2.05) is 12.1 Å². The van der Waals surface area contributed by atoms with Crippen molar-refractivity contribution in [3.05, 3.63) is 37.9 Å². The number of anilines is 2. The normalized spacial score (nSPS) is 10.4. The van der Waals surface area contributed by atoms with E-state index < -0.39 is 0 Å². The zero-order valence-electron chi connectivity index (χ0n) is 10.4. The first-order chi connectivity index (χ1) is 9.97. The fraction of sp³-hybridized carbons (Fsp3) is 0.0833. The molecule has 0 fully saturated rings. The van der Waals surface area contributed by atoms with Gasteiger partial charge in [-0.1, -0.05) is 27.7 Å². The SMILES string of the molecule is Nc1nccnc1SCC(=O)Nc1c(Br)cc(Br)cc1Br. The Morgan fingerprint density at radius 2 is 1.81 bits per heavy atom. The van der Waals surface area contributed by atoms with Crippen molar-refractivity contribution >= 4 is 77.0 Å². The number of thioether (sulfide) groups is 1. The van der Waals surface area contributed by atoms with Gasteiger partial charge in [-0.15, -0.1) is 0 Å². The van der Waals surface area contributed by atoms with Gasteiger partial charge in [-0.3, -0.25) is 4.79 Å². The first-order valence-electron chi connectivity index (χ1n) is 5.61. The molecule has 3 N–H and O–H groups in total. The van der Waals surface area contributed by atoms with Crippen LogP contribution in [-0.2, 0) is 4.79 Å². The lowest BCUT2D eigenvalue weighted by Crippen LogP contribution is -2.15. The van der Waals surface area contributed by atoms with E-state index in [2.05, 4.69) is 63.1 Å². The van der Waals surface area contributed by atoms with Crippen LogP contribution in [0.5, 0.6) is 0 Å². The molecule has 1 aromatic carbocycles. The van der Waals surface area contributed by atoms with E-state index in [0.717, 1.165) is 13.4 Å². The third-order valence-electron chi connectivity index (χ3n) is 2.30. The van der Waals surface area contributed by atoms with Crippen LogP contribution < -0.4 is 11.1 Å². The maximum Gasteiger partial charge on any atom is 0.234 e. The number of halogens is 3. The van der Waals surface area contributed by atoms with Gasteiger partial charge < -0.3 is 11.1 Å². The molecule has 0 spiro atoms. The summed E-state index contributed by atoms with van der Waals surface area (Å²) >= 11 is 11.4. The second kappa shape index (κ2) is 7.57. The van der Waals surface area contributed by atoms with Crippen molar-refractivity contribution in [3.8, 4) is 0 Å². The van der Waals surface area contributed by atoms with Gasteiger partial charge in [0.25, 0.3) is 0 Å². The molecule has 21 heavy (non-hydrogen) atoms. The van der Waals surface area contributed by atoms with E-state index in [1.165, 1.54) is 18.0 Å². The minimum atomic E-state index is -0.159. The summed E-state index contributed by atoms with van der Waals surface area (Å²) in [5.74, 6) is 0.354. The van der Waals surface area contributed by atoms with Gasteiger partial charge in [-0.25, -0.2) is 9.97 Å². The number of hydrogen-bond acceptors (Lipinski definition) is 5. The first-order valence-corrected chi connectivity index (χ1v) is 8.97. The van der Waals surface area contributed by atoms with Crippen molar-refractivity contribution in [2.24, 2.45) is 0 Å². The summed E-state index contributed by atoms with van der Waals surface area (Å²) in [5.41, 5.74) is 6.35. The third kappa shape index (κ3) is 4.67. The number of carbonyl (C=O) groups excluding carboxylic acids is 1. The molecule has 0 saturated carbocycles. The number of hydrogen-bond donors (Lipinski definition) is 2. The molecule has 0 radical (unpaired) electrons. The molecule has 0 unspecified atom stereocenters. The summed E-state index contributed by atoms with van der Waals surface area (Å²) in [6, 6.07) is 3.71. The molecule has 0 saturated heterocycles. The minimum Gasteiger partial charge on any atom is -0.381 e. The Morgan fingerprint density at radius 3 is 2.43 bits per heavy atom. The number of benzene rings is 1. The molecule has 0 aliphatic carbocycles. The van der Waals surface area contributed by atoms with Gasteiger partial charge in [0.2, 0.25) is 5.91 Å². The maximum absolute atomic E-state index is 12.0. The molecule has 0 atom stereocenters. The van der Waals surface area contributed by atoms with Gasteiger partial charge in [-0.05, 0) is 44.0 Å². The minimum absolute atomic E-state index is 0.159. The smallest absolute Gasteiger partial charge is 0.234 e. The second-order valence-electron chi connectivity index (χ2n) is 3.83. The quantitative estimate of drug-likeness (QED) is 0.623. The number of carbonyl (C=O) groups is 1. The number of amides is 1. The van der Waals surface area contributed by atoms with Crippen LogP contribution in [0.1, 0.15) is 0 Å². The van der Waals surface area contributed by atoms with Crippen LogP contribution >= 0.6 is 59.6 Å². The molecule has 0 bridgehead atoms. The van der Waals surface area contributed by atoms with Crippen molar-refractivity contribution in [1.29, 1.82) is 0 Å². The van der Waals surface area contributed by atoms with Crippen LogP contribution in [0.2, 0.25) is 0 Å². The summed E-state index contributed by atoms with van der Waals surface area (Å²) in [4.78, 5) is 20.0. The molecule has 9 heteroatoms. The van der Waals surface area contributed by atoms with Gasteiger partial charge in [0, 0.05) is 25.8 Å². The number of aromatic nitrogens is 2. The van der Waals surface area contributed by atoms with Gasteiger partial charge in [0.15, 0.2) is 5.82 Å². The Labute approximate surface area is 150 Å². The molecule has 0 aliphatic rings. The molecule has 2 rings (SSSR count).